The summed E-state index contributed by atoms with van der Waals surface area (Å²) < 4.78 is 33.2. The fraction of sp³-hybridized carbons (Fsp3) is 0.600. The number of aliphatic hydroxyl groups excluding tert-OH is 1. The van der Waals surface area contributed by atoms with Gasteiger partial charge in [-0.3, -0.25) is 14.3 Å². The third kappa shape index (κ3) is 1.87. The van der Waals surface area contributed by atoms with Crippen molar-refractivity contribution in [2.24, 2.45) is 0 Å². The number of halogens is 2. The fourth-order valence-electron chi connectivity index (χ4n) is 1.86. The van der Waals surface area contributed by atoms with Gasteiger partial charge in [0.05, 0.1) is 0 Å². The highest BCUT2D eigenvalue weighted by Crippen LogP contribution is 2.41. The topological polar surface area (TPSA) is 84.3 Å². The highest BCUT2D eigenvalue weighted by Gasteiger charge is 2.56. The number of H-pyrrole nitrogens is 1. The van der Waals surface area contributed by atoms with Gasteiger partial charge in [0.2, 0.25) is 5.85 Å². The standard InChI is InChI=1S/C10H12F2N2O4/c1-2-10(12)7(16)6(11)8(18-10)14-4-3-5(15)13-9(14)17/h3-4,6-8,16H,2H2,1H3,(H,13,15,17)/t6-,7+,8?,10-/m1/s1. The molecular weight excluding hydrogens is 250 g/mol. The Bertz CT molecular complexity index is 557. The third-order valence-electron chi connectivity index (χ3n) is 2.94. The number of aliphatic hydroxyl groups is 1. The van der Waals surface area contributed by atoms with Crippen LogP contribution >= 0.6 is 0 Å². The van der Waals surface area contributed by atoms with E-state index in [-0.39, 0.29) is 6.42 Å². The Balaban J connectivity index is 2.41. The maximum atomic E-state index is 13.9. The van der Waals surface area contributed by atoms with Crippen molar-refractivity contribution in [3.05, 3.63) is 33.1 Å². The summed E-state index contributed by atoms with van der Waals surface area (Å²) in [6.07, 6.45) is -4.95. The first kappa shape index (κ1) is 12.9. The molecule has 18 heavy (non-hydrogen) atoms. The molecule has 2 N–H and O–H groups in total. The molecule has 1 aromatic rings. The van der Waals surface area contributed by atoms with Crippen LogP contribution in [-0.4, -0.2) is 32.8 Å². The zero-order valence-corrected chi connectivity index (χ0v) is 9.47. The van der Waals surface area contributed by atoms with Crippen LogP contribution in [0.2, 0.25) is 0 Å². The summed E-state index contributed by atoms with van der Waals surface area (Å²) in [4.78, 5) is 24.2. The number of rotatable bonds is 2. The Hall–Kier alpha value is -1.54. The Kier molecular flexibility index (Phi) is 3.07. The van der Waals surface area contributed by atoms with Crippen LogP contribution in [-0.2, 0) is 4.74 Å². The van der Waals surface area contributed by atoms with Crippen molar-refractivity contribution >= 4 is 0 Å². The maximum Gasteiger partial charge on any atom is 0.330 e. The van der Waals surface area contributed by atoms with Gasteiger partial charge in [-0.15, -0.1) is 0 Å². The van der Waals surface area contributed by atoms with Gasteiger partial charge >= 0.3 is 5.69 Å². The molecule has 0 saturated carbocycles. The van der Waals surface area contributed by atoms with Crippen molar-refractivity contribution in [2.75, 3.05) is 0 Å². The van der Waals surface area contributed by atoms with E-state index in [1.54, 1.807) is 0 Å². The van der Waals surface area contributed by atoms with Gasteiger partial charge in [-0.25, -0.2) is 13.6 Å². The van der Waals surface area contributed by atoms with Gasteiger partial charge in [-0.05, 0) is 0 Å². The molecule has 8 heteroatoms. The van der Waals surface area contributed by atoms with Gasteiger partial charge in [-0.2, -0.15) is 0 Å². The normalized spacial score (nSPS) is 35.9. The molecule has 2 heterocycles. The van der Waals surface area contributed by atoms with Gasteiger partial charge < -0.3 is 9.84 Å². The lowest BCUT2D eigenvalue weighted by molar-refractivity contribution is -0.188. The highest BCUT2D eigenvalue weighted by atomic mass is 19.2. The van der Waals surface area contributed by atoms with Crippen molar-refractivity contribution < 1.29 is 18.6 Å². The second-order valence-electron chi connectivity index (χ2n) is 4.05. The molecule has 100 valence electrons. The summed E-state index contributed by atoms with van der Waals surface area (Å²) in [5.41, 5.74) is -1.59. The second kappa shape index (κ2) is 4.29. The highest BCUT2D eigenvalue weighted by molar-refractivity contribution is 4.96. The van der Waals surface area contributed by atoms with Gasteiger partial charge in [0.25, 0.3) is 5.56 Å². The number of hydrogen-bond donors (Lipinski definition) is 2. The summed E-state index contributed by atoms with van der Waals surface area (Å²) >= 11 is 0. The smallest absolute Gasteiger partial charge is 0.330 e. The molecule has 1 saturated heterocycles. The summed E-state index contributed by atoms with van der Waals surface area (Å²) in [7, 11) is 0. The third-order valence-corrected chi connectivity index (χ3v) is 2.94. The molecule has 0 aliphatic carbocycles. The molecule has 0 spiro atoms. The van der Waals surface area contributed by atoms with Gasteiger partial charge in [0.1, 0.15) is 6.10 Å². The van der Waals surface area contributed by atoms with E-state index in [0.29, 0.717) is 4.57 Å². The number of hydrogen-bond acceptors (Lipinski definition) is 4. The maximum absolute atomic E-state index is 13.9. The monoisotopic (exact) mass is 262 g/mol. The number of nitrogens with zero attached hydrogens (tertiary/aromatic N) is 1. The van der Waals surface area contributed by atoms with Crippen LogP contribution < -0.4 is 11.2 Å². The van der Waals surface area contributed by atoms with E-state index in [4.69, 9.17) is 4.74 Å². The molecule has 1 aromatic heterocycles. The Labute approximate surface area is 99.8 Å². The van der Waals surface area contributed by atoms with E-state index < -0.39 is 35.6 Å². The number of ether oxygens (including phenoxy) is 1. The van der Waals surface area contributed by atoms with Crippen LogP contribution in [0.3, 0.4) is 0 Å². The molecule has 4 atom stereocenters. The van der Waals surface area contributed by atoms with Crippen molar-refractivity contribution in [1.29, 1.82) is 0 Å². The first-order valence-corrected chi connectivity index (χ1v) is 5.39. The summed E-state index contributed by atoms with van der Waals surface area (Å²) in [5, 5.41) is 9.43. The summed E-state index contributed by atoms with van der Waals surface area (Å²) in [6, 6.07) is 0.980. The molecule has 0 bridgehead atoms. The number of aromatic amines is 1. The second-order valence-corrected chi connectivity index (χ2v) is 4.05. The predicted octanol–water partition coefficient (Wildman–Crippen LogP) is -0.160. The molecule has 1 unspecified atom stereocenters. The Morgan fingerprint density at radius 3 is 2.78 bits per heavy atom. The molecule has 0 radical (unpaired) electrons. The van der Waals surface area contributed by atoms with Crippen LogP contribution in [0.4, 0.5) is 8.78 Å². The van der Waals surface area contributed by atoms with E-state index in [1.165, 1.54) is 6.92 Å². The zero-order valence-electron chi connectivity index (χ0n) is 9.47. The van der Waals surface area contributed by atoms with Gasteiger partial charge in [0, 0.05) is 18.7 Å². The average molecular weight is 262 g/mol. The lowest BCUT2D eigenvalue weighted by Gasteiger charge is -2.20. The number of alkyl halides is 2. The molecular formula is C10H12F2N2O4. The molecule has 1 aliphatic heterocycles. The van der Waals surface area contributed by atoms with E-state index in [1.807, 2.05) is 4.98 Å². The fourth-order valence-corrected chi connectivity index (χ4v) is 1.86. The van der Waals surface area contributed by atoms with Crippen LogP contribution in [0.25, 0.3) is 0 Å². The number of aromatic nitrogens is 2. The summed E-state index contributed by atoms with van der Waals surface area (Å²) in [5.74, 6) is -2.54. The molecule has 6 nitrogen and oxygen atoms in total. The average Bonchev–Trinajstić information content (AvgIpc) is 2.55. The molecule has 2 rings (SSSR count). The van der Waals surface area contributed by atoms with Crippen LogP contribution in [0.1, 0.15) is 19.6 Å². The minimum absolute atomic E-state index is 0.261. The molecule has 0 amide bonds. The van der Waals surface area contributed by atoms with Crippen molar-refractivity contribution in [3.8, 4) is 0 Å². The first-order valence-electron chi connectivity index (χ1n) is 5.39. The minimum Gasteiger partial charge on any atom is -0.384 e. The lowest BCUT2D eigenvalue weighted by Crippen LogP contribution is -2.37. The van der Waals surface area contributed by atoms with E-state index >= 15 is 0 Å². The van der Waals surface area contributed by atoms with Crippen LogP contribution in [0.5, 0.6) is 0 Å². The van der Waals surface area contributed by atoms with Gasteiger partial charge in [0.15, 0.2) is 12.4 Å². The Morgan fingerprint density at radius 1 is 1.61 bits per heavy atom. The Morgan fingerprint density at radius 2 is 2.28 bits per heavy atom. The molecule has 1 fully saturated rings. The van der Waals surface area contributed by atoms with E-state index in [2.05, 4.69) is 0 Å². The first-order chi connectivity index (χ1) is 8.39. The zero-order chi connectivity index (χ0) is 13.5. The van der Waals surface area contributed by atoms with E-state index in [0.717, 1.165) is 12.3 Å². The van der Waals surface area contributed by atoms with Crippen LogP contribution in [0, 0.1) is 0 Å². The van der Waals surface area contributed by atoms with Crippen molar-refractivity contribution in [3.63, 3.8) is 0 Å². The van der Waals surface area contributed by atoms with Crippen molar-refractivity contribution in [2.45, 2.75) is 37.7 Å². The quantitative estimate of drug-likeness (QED) is 0.775. The number of nitrogens with one attached hydrogen (secondary N) is 1. The predicted molar refractivity (Wildman–Crippen MR) is 56.5 cm³/mol. The lowest BCUT2D eigenvalue weighted by atomic mass is 10.1. The van der Waals surface area contributed by atoms with Crippen LogP contribution in [0.15, 0.2) is 21.9 Å². The van der Waals surface area contributed by atoms with Crippen molar-refractivity contribution in [1.82, 2.24) is 9.55 Å². The molecule has 1 aliphatic rings. The summed E-state index contributed by atoms with van der Waals surface area (Å²) in [6.45, 7) is 1.38. The van der Waals surface area contributed by atoms with Gasteiger partial charge in [-0.1, -0.05) is 6.92 Å². The largest absolute Gasteiger partial charge is 0.384 e. The van der Waals surface area contributed by atoms with E-state index in [9.17, 15) is 23.5 Å². The SMILES string of the molecule is CC[C@@]1(F)OC(n2ccc(=O)[nH]c2=O)[C@H](F)[C@@H]1O. The molecule has 0 aromatic carbocycles. The minimum atomic E-state index is -2.54.